The van der Waals surface area contributed by atoms with Crippen molar-refractivity contribution >= 4 is 22.9 Å². The smallest absolute Gasteiger partial charge is 0.252 e. The number of hydrogen-bond acceptors (Lipinski definition) is 8. The van der Waals surface area contributed by atoms with Gasteiger partial charge in [0.1, 0.15) is 18.5 Å². The number of carbonyl (C=O) groups is 1. The lowest BCUT2D eigenvalue weighted by Gasteiger charge is -2.57. The second-order valence-corrected chi connectivity index (χ2v) is 12.8. The van der Waals surface area contributed by atoms with Crippen molar-refractivity contribution in [1.29, 1.82) is 0 Å². The van der Waals surface area contributed by atoms with Crippen molar-refractivity contribution in [1.82, 2.24) is 24.8 Å². The number of ether oxygens (including phenoxy) is 3. The fourth-order valence-electron chi connectivity index (χ4n) is 9.10. The molecule has 204 valence electrons. The number of nitrogens with one attached hydrogen (secondary N) is 2. The number of imidazole rings is 1. The minimum atomic E-state index is -0.741. The van der Waals surface area contributed by atoms with Crippen LogP contribution in [0.2, 0.25) is 0 Å². The quantitative estimate of drug-likeness (QED) is 0.612. The van der Waals surface area contributed by atoms with Crippen LogP contribution in [0, 0.1) is 17.8 Å². The molecular weight excluding hydrogens is 484 g/mol. The lowest BCUT2D eigenvalue weighted by atomic mass is 9.53. The lowest BCUT2D eigenvalue weighted by molar-refractivity contribution is -0.229. The first kappa shape index (κ1) is 23.6. The van der Waals surface area contributed by atoms with E-state index < -0.39 is 30.3 Å². The average molecular weight is 523 g/mol. The van der Waals surface area contributed by atoms with Crippen molar-refractivity contribution in [2.75, 3.05) is 11.9 Å². The Balaban J connectivity index is 1.12. The molecule has 38 heavy (non-hydrogen) atoms. The van der Waals surface area contributed by atoms with Crippen molar-refractivity contribution in [3.63, 3.8) is 0 Å². The summed E-state index contributed by atoms with van der Waals surface area (Å²) in [6.45, 7) is 2.45. The lowest BCUT2D eigenvalue weighted by Crippen LogP contribution is -2.54. The number of amides is 1. The molecule has 7 aliphatic rings. The maximum Gasteiger partial charge on any atom is 0.252 e. The summed E-state index contributed by atoms with van der Waals surface area (Å²) in [5, 5.41) is 6.80. The van der Waals surface area contributed by atoms with E-state index >= 15 is 0 Å². The normalized spacial score (nSPS) is 40.6. The highest BCUT2D eigenvalue weighted by Crippen LogP contribution is 2.57. The van der Waals surface area contributed by atoms with E-state index in [9.17, 15) is 4.79 Å². The van der Waals surface area contributed by atoms with Gasteiger partial charge in [0.25, 0.3) is 5.91 Å². The van der Waals surface area contributed by atoms with E-state index in [-0.39, 0.29) is 11.4 Å². The Hall–Kier alpha value is -2.30. The molecular formula is C28H38N6O4. The number of likely N-dealkylation sites (N-methyl/N-ethyl adjacent to an activating group) is 1. The molecule has 0 radical (unpaired) electrons. The fraction of sp³-hybridized carbons (Fsp3) is 0.786. The third kappa shape index (κ3) is 3.63. The van der Waals surface area contributed by atoms with Gasteiger partial charge in [0, 0.05) is 24.9 Å². The summed E-state index contributed by atoms with van der Waals surface area (Å²) in [5.74, 6) is 2.53. The Kier molecular flexibility index (Phi) is 5.33. The van der Waals surface area contributed by atoms with Crippen LogP contribution >= 0.6 is 0 Å². The maximum absolute atomic E-state index is 13.0. The predicted molar refractivity (Wildman–Crippen MR) is 138 cm³/mol. The summed E-state index contributed by atoms with van der Waals surface area (Å²) in [6, 6.07) is 0. The van der Waals surface area contributed by atoms with Crippen molar-refractivity contribution in [3.8, 4) is 0 Å². The van der Waals surface area contributed by atoms with Crippen molar-refractivity contribution in [2.24, 2.45) is 17.8 Å². The van der Waals surface area contributed by atoms with Gasteiger partial charge in [0.2, 0.25) is 0 Å². The minimum absolute atomic E-state index is 0.119. The van der Waals surface area contributed by atoms with Crippen LogP contribution in [0.1, 0.15) is 83.8 Å². The van der Waals surface area contributed by atoms with E-state index in [1.807, 2.05) is 11.5 Å². The highest BCUT2D eigenvalue weighted by Gasteiger charge is 2.61. The molecule has 10 nitrogen and oxygen atoms in total. The molecule has 2 aromatic rings. The molecule has 4 heterocycles. The summed E-state index contributed by atoms with van der Waals surface area (Å²) < 4.78 is 21.5. The molecule has 1 amide bonds. The van der Waals surface area contributed by atoms with E-state index in [0.717, 1.165) is 54.8 Å². The largest absolute Gasteiger partial charge is 0.363 e. The monoisotopic (exact) mass is 522 g/mol. The van der Waals surface area contributed by atoms with Gasteiger partial charge in [-0.2, -0.15) is 0 Å². The number of rotatable bonds is 5. The van der Waals surface area contributed by atoms with E-state index in [1.54, 1.807) is 12.7 Å². The Labute approximate surface area is 222 Å². The summed E-state index contributed by atoms with van der Waals surface area (Å²) in [4.78, 5) is 27.1. The highest BCUT2D eigenvalue weighted by atomic mass is 16.8. The van der Waals surface area contributed by atoms with Crippen molar-refractivity contribution in [2.45, 2.75) is 113 Å². The third-order valence-electron chi connectivity index (χ3n) is 10.2. The van der Waals surface area contributed by atoms with Crippen molar-refractivity contribution < 1.29 is 19.0 Å². The topological polar surface area (TPSA) is 112 Å². The Bertz CT molecular complexity index is 1210. The van der Waals surface area contributed by atoms with Crippen LogP contribution in [0.3, 0.4) is 0 Å². The molecule has 9 rings (SSSR count). The van der Waals surface area contributed by atoms with Gasteiger partial charge in [-0.3, -0.25) is 9.36 Å². The Morgan fingerprint density at radius 3 is 2.42 bits per heavy atom. The van der Waals surface area contributed by atoms with Crippen LogP contribution < -0.4 is 10.6 Å². The highest BCUT2D eigenvalue weighted by molar-refractivity contribution is 5.84. The first-order valence-electron chi connectivity index (χ1n) is 14.8. The molecule has 7 fully saturated rings. The molecule has 0 unspecified atom stereocenters. The van der Waals surface area contributed by atoms with E-state index in [0.29, 0.717) is 12.2 Å². The number of aromatic nitrogens is 4. The van der Waals surface area contributed by atoms with E-state index in [2.05, 4.69) is 20.6 Å². The molecule has 0 aromatic carbocycles. The van der Waals surface area contributed by atoms with E-state index in [1.165, 1.54) is 44.9 Å². The van der Waals surface area contributed by atoms with Crippen molar-refractivity contribution in [3.05, 3.63) is 12.7 Å². The Morgan fingerprint density at radius 2 is 1.71 bits per heavy atom. The molecule has 2 saturated heterocycles. The first-order valence-corrected chi connectivity index (χ1v) is 14.8. The maximum atomic E-state index is 13.0. The van der Waals surface area contributed by atoms with Crippen LogP contribution in [0.4, 0.5) is 5.82 Å². The summed E-state index contributed by atoms with van der Waals surface area (Å²) in [5.41, 5.74) is 1.56. The number of carbonyl (C=O) groups excluding carboxylic acids is 1. The number of anilines is 1. The first-order chi connectivity index (χ1) is 18.5. The zero-order valence-electron chi connectivity index (χ0n) is 22.1. The number of hydrogen-bond donors (Lipinski definition) is 2. The Morgan fingerprint density at radius 1 is 1.00 bits per heavy atom. The van der Waals surface area contributed by atoms with Gasteiger partial charge in [0.05, 0.1) is 6.33 Å². The number of nitrogens with zero attached hydrogens (tertiary/aromatic N) is 4. The molecule has 2 aliphatic heterocycles. The molecule has 1 spiro atoms. The summed E-state index contributed by atoms with van der Waals surface area (Å²) >= 11 is 0. The zero-order valence-corrected chi connectivity index (χ0v) is 22.1. The molecule has 2 aromatic heterocycles. The van der Waals surface area contributed by atoms with E-state index in [4.69, 9.17) is 19.2 Å². The molecule has 4 bridgehead atoms. The van der Waals surface area contributed by atoms with Gasteiger partial charge >= 0.3 is 0 Å². The van der Waals surface area contributed by atoms with Gasteiger partial charge in [-0.05, 0) is 76.0 Å². The molecule has 4 atom stereocenters. The minimum Gasteiger partial charge on any atom is -0.363 e. The van der Waals surface area contributed by atoms with Gasteiger partial charge in [-0.25, -0.2) is 15.0 Å². The number of fused-ring (bicyclic) bond motifs is 2. The average Bonchev–Trinajstić information content (AvgIpc) is 3.56. The predicted octanol–water partition coefficient (Wildman–Crippen LogP) is 3.68. The summed E-state index contributed by atoms with van der Waals surface area (Å²) in [6.07, 6.45) is 14.1. The zero-order chi connectivity index (χ0) is 25.5. The van der Waals surface area contributed by atoms with Crippen LogP contribution in [0.25, 0.3) is 11.2 Å². The standard InChI is InChI=1S/C28H38N6O4/c1-2-29-25(35)21-20-22(38-28(37-20)6-4-3-5-7-28)26(36-21)34-15-32-19-23(30-14-31-24(19)34)33-27-11-16-8-17(12-27)10-18(9-16)13-27/h14-18,20-22,26H,2-13H2,1H3,(H,29,35)(H,30,31,33)/t16?,17?,18?,20-,21+,22-,26-,27?/m1/s1. The second kappa shape index (κ2) is 8.60. The van der Waals surface area contributed by atoms with Crippen LogP contribution in [-0.4, -0.2) is 61.6 Å². The van der Waals surface area contributed by atoms with Crippen LogP contribution in [0.5, 0.6) is 0 Å². The van der Waals surface area contributed by atoms with Gasteiger partial charge in [-0.15, -0.1) is 0 Å². The summed E-state index contributed by atoms with van der Waals surface area (Å²) in [7, 11) is 0. The fourth-order valence-corrected chi connectivity index (χ4v) is 9.10. The van der Waals surface area contributed by atoms with Gasteiger partial charge in [0.15, 0.2) is 35.1 Å². The second-order valence-electron chi connectivity index (χ2n) is 12.8. The molecule has 5 aliphatic carbocycles. The molecule has 10 heteroatoms. The molecule has 5 saturated carbocycles. The van der Waals surface area contributed by atoms with Gasteiger partial charge < -0.3 is 24.8 Å². The third-order valence-corrected chi connectivity index (χ3v) is 10.2. The van der Waals surface area contributed by atoms with Gasteiger partial charge in [-0.1, -0.05) is 6.42 Å². The van der Waals surface area contributed by atoms with Crippen LogP contribution in [-0.2, 0) is 19.0 Å². The van der Waals surface area contributed by atoms with Crippen LogP contribution in [0.15, 0.2) is 12.7 Å². The SMILES string of the molecule is CCNC(=O)[C@H]1O[C@@H](n2cnc3c(NC45CC6CC(CC(C6)C4)C5)ncnc32)[C@@H]2OC3(CCCCC3)O[C@@H]21. The molecule has 2 N–H and O–H groups in total.